The number of amides is 3. The van der Waals surface area contributed by atoms with Crippen LogP contribution < -0.4 is 16.2 Å². The normalized spacial score (nSPS) is 12.8. The molecule has 3 N–H and O–H groups in total. The molecule has 156 valence electrons. The minimum absolute atomic E-state index is 0.130. The maximum atomic E-state index is 12.7. The van der Waals surface area contributed by atoms with Crippen LogP contribution in [0.1, 0.15) is 46.7 Å². The highest BCUT2D eigenvalue weighted by atomic mass is 16.3. The van der Waals surface area contributed by atoms with Gasteiger partial charge in [0.15, 0.2) is 5.76 Å². The fraction of sp³-hybridized carbons (Fsp3) is 0.261. The molecule has 0 unspecified atom stereocenters. The lowest BCUT2D eigenvalue weighted by atomic mass is 9.98. The van der Waals surface area contributed by atoms with Gasteiger partial charge < -0.3 is 9.73 Å². The number of benzene rings is 2. The van der Waals surface area contributed by atoms with Crippen molar-refractivity contribution in [1.82, 2.24) is 16.2 Å². The van der Waals surface area contributed by atoms with E-state index in [1.54, 1.807) is 37.3 Å². The lowest BCUT2D eigenvalue weighted by Gasteiger charge is -2.23. The van der Waals surface area contributed by atoms with Gasteiger partial charge in [0.25, 0.3) is 11.8 Å². The Morgan fingerprint density at radius 1 is 0.933 bits per heavy atom. The molecule has 0 saturated heterocycles. The summed E-state index contributed by atoms with van der Waals surface area (Å²) in [5.74, 6) is -1.42. The Balaban J connectivity index is 1.68. The minimum atomic E-state index is -0.806. The molecule has 0 aliphatic carbocycles. The molecule has 1 aromatic heterocycles. The second-order valence-corrected chi connectivity index (χ2v) is 7.20. The fourth-order valence-corrected chi connectivity index (χ4v) is 3.16. The third kappa shape index (κ3) is 4.51. The molecule has 3 rings (SSSR count). The minimum Gasteiger partial charge on any atom is -0.451 e. The summed E-state index contributed by atoms with van der Waals surface area (Å²) in [5.41, 5.74) is 6.54. The number of nitrogens with one attached hydrogen (secondary N) is 3. The van der Waals surface area contributed by atoms with Gasteiger partial charge in [-0.1, -0.05) is 56.7 Å². The second-order valence-electron chi connectivity index (χ2n) is 7.20. The van der Waals surface area contributed by atoms with E-state index >= 15 is 0 Å². The van der Waals surface area contributed by atoms with E-state index in [0.29, 0.717) is 23.1 Å². The van der Waals surface area contributed by atoms with Gasteiger partial charge in [-0.25, -0.2) is 0 Å². The van der Waals surface area contributed by atoms with Crippen LogP contribution in [0.25, 0.3) is 11.0 Å². The molecular weight excluding hydrogens is 382 g/mol. The van der Waals surface area contributed by atoms with Crippen LogP contribution in [-0.2, 0) is 4.79 Å². The van der Waals surface area contributed by atoms with Crippen molar-refractivity contribution in [3.63, 3.8) is 0 Å². The van der Waals surface area contributed by atoms with Crippen LogP contribution in [-0.4, -0.2) is 23.8 Å². The van der Waals surface area contributed by atoms with Gasteiger partial charge in [0.1, 0.15) is 11.6 Å². The first kappa shape index (κ1) is 21.1. The molecule has 0 spiro atoms. The van der Waals surface area contributed by atoms with Crippen molar-refractivity contribution in [2.45, 2.75) is 33.2 Å². The Bertz CT molecular complexity index is 1060. The molecule has 3 amide bonds. The van der Waals surface area contributed by atoms with Crippen LogP contribution in [0.15, 0.2) is 59.0 Å². The fourth-order valence-electron chi connectivity index (χ4n) is 3.16. The van der Waals surface area contributed by atoms with E-state index < -0.39 is 17.9 Å². The van der Waals surface area contributed by atoms with Crippen LogP contribution in [0.2, 0.25) is 0 Å². The zero-order valence-corrected chi connectivity index (χ0v) is 17.2. The summed E-state index contributed by atoms with van der Waals surface area (Å²) in [6.07, 6.45) is 0.670. The van der Waals surface area contributed by atoms with E-state index in [2.05, 4.69) is 16.2 Å². The number of carbonyl (C=O) groups is 3. The Morgan fingerprint density at radius 3 is 2.27 bits per heavy atom. The number of hydrogen-bond acceptors (Lipinski definition) is 4. The van der Waals surface area contributed by atoms with E-state index in [9.17, 15) is 14.4 Å². The highest BCUT2D eigenvalue weighted by Gasteiger charge is 2.27. The monoisotopic (exact) mass is 407 g/mol. The van der Waals surface area contributed by atoms with Gasteiger partial charge >= 0.3 is 5.91 Å². The maximum Gasteiger partial charge on any atom is 0.305 e. The number of rotatable bonds is 6. The molecule has 0 radical (unpaired) electrons. The molecule has 2 atom stereocenters. The highest BCUT2D eigenvalue weighted by Crippen LogP contribution is 2.24. The molecule has 0 aliphatic heterocycles. The summed E-state index contributed by atoms with van der Waals surface area (Å²) >= 11 is 0. The van der Waals surface area contributed by atoms with E-state index in [4.69, 9.17) is 4.42 Å². The van der Waals surface area contributed by atoms with Gasteiger partial charge in [0.05, 0.1) is 0 Å². The highest BCUT2D eigenvalue weighted by molar-refractivity contribution is 6.01. The summed E-state index contributed by atoms with van der Waals surface area (Å²) in [4.78, 5) is 37.8. The molecule has 0 aliphatic rings. The third-order valence-electron chi connectivity index (χ3n) is 5.17. The van der Waals surface area contributed by atoms with Gasteiger partial charge in [-0.05, 0) is 31.0 Å². The molecule has 0 bridgehead atoms. The van der Waals surface area contributed by atoms with Crippen molar-refractivity contribution in [3.05, 3.63) is 71.5 Å². The summed E-state index contributed by atoms with van der Waals surface area (Å²) < 4.78 is 5.61. The molecular formula is C23H25N3O4. The Labute approximate surface area is 174 Å². The smallest absolute Gasteiger partial charge is 0.305 e. The number of hydrogen-bond donors (Lipinski definition) is 3. The number of hydrazine groups is 1. The van der Waals surface area contributed by atoms with Gasteiger partial charge in [0, 0.05) is 16.5 Å². The van der Waals surface area contributed by atoms with Gasteiger partial charge in [0.2, 0.25) is 0 Å². The zero-order chi connectivity index (χ0) is 21.7. The summed E-state index contributed by atoms with van der Waals surface area (Å²) in [7, 11) is 0. The van der Waals surface area contributed by atoms with E-state index in [1.165, 1.54) is 0 Å². The molecule has 3 aromatic rings. The van der Waals surface area contributed by atoms with Crippen LogP contribution in [0, 0.1) is 12.8 Å². The molecule has 30 heavy (non-hydrogen) atoms. The molecule has 2 aromatic carbocycles. The zero-order valence-electron chi connectivity index (χ0n) is 17.2. The number of fused-ring (bicyclic) bond motifs is 1. The largest absolute Gasteiger partial charge is 0.451 e. The molecule has 0 fully saturated rings. The van der Waals surface area contributed by atoms with Crippen LogP contribution in [0.3, 0.4) is 0 Å². The van der Waals surface area contributed by atoms with Crippen LogP contribution >= 0.6 is 0 Å². The van der Waals surface area contributed by atoms with Gasteiger partial charge in [-0.3, -0.25) is 25.2 Å². The van der Waals surface area contributed by atoms with Crippen molar-refractivity contribution < 1.29 is 18.8 Å². The van der Waals surface area contributed by atoms with Gasteiger partial charge in [-0.15, -0.1) is 0 Å². The van der Waals surface area contributed by atoms with Crippen molar-refractivity contribution in [2.75, 3.05) is 0 Å². The standard InChI is InChI=1S/C23H25N3O4/c1-4-14(2)19(24-21(27)16-10-6-5-7-11-16)22(28)25-26-23(29)20-15(3)17-12-8-9-13-18(17)30-20/h5-14,19H,4H2,1-3H3,(H,24,27)(H,25,28)(H,26,29)/t14-,19-/m0/s1. The molecule has 0 saturated carbocycles. The number of aryl methyl sites for hydroxylation is 1. The lowest BCUT2D eigenvalue weighted by Crippen LogP contribution is -2.54. The van der Waals surface area contributed by atoms with E-state index in [-0.39, 0.29) is 17.6 Å². The van der Waals surface area contributed by atoms with Crippen LogP contribution in [0.4, 0.5) is 0 Å². The van der Waals surface area contributed by atoms with E-state index in [0.717, 1.165) is 5.39 Å². The molecule has 1 heterocycles. The summed E-state index contributed by atoms with van der Waals surface area (Å²) in [6.45, 7) is 5.57. The third-order valence-corrected chi connectivity index (χ3v) is 5.17. The topological polar surface area (TPSA) is 100 Å². The van der Waals surface area contributed by atoms with Crippen molar-refractivity contribution in [1.29, 1.82) is 0 Å². The second kappa shape index (κ2) is 9.26. The molecule has 7 nitrogen and oxygen atoms in total. The number of furan rings is 1. The first-order valence-corrected chi connectivity index (χ1v) is 9.86. The predicted octanol–water partition coefficient (Wildman–Crippen LogP) is 3.35. The van der Waals surface area contributed by atoms with Crippen molar-refractivity contribution in [2.24, 2.45) is 5.92 Å². The lowest BCUT2D eigenvalue weighted by molar-refractivity contribution is -0.124. The van der Waals surface area contributed by atoms with Crippen molar-refractivity contribution >= 4 is 28.7 Å². The first-order valence-electron chi connectivity index (χ1n) is 9.86. The SMILES string of the molecule is CC[C@H](C)[C@H](NC(=O)c1ccccc1)C(=O)NNC(=O)c1oc2ccccc2c1C. The Hall–Kier alpha value is -3.61. The average Bonchev–Trinajstić information content (AvgIpc) is 3.12. The Kier molecular flexibility index (Phi) is 6.51. The Morgan fingerprint density at radius 2 is 1.60 bits per heavy atom. The quantitative estimate of drug-likeness (QED) is 0.546. The van der Waals surface area contributed by atoms with Crippen LogP contribution in [0.5, 0.6) is 0 Å². The van der Waals surface area contributed by atoms with Crippen molar-refractivity contribution in [3.8, 4) is 0 Å². The first-order chi connectivity index (χ1) is 14.4. The number of carbonyl (C=O) groups excluding carboxylic acids is 3. The number of para-hydroxylation sites is 1. The maximum absolute atomic E-state index is 12.7. The summed E-state index contributed by atoms with van der Waals surface area (Å²) in [6, 6.07) is 15.2. The average molecular weight is 407 g/mol. The molecule has 7 heteroatoms. The predicted molar refractivity (Wildman–Crippen MR) is 114 cm³/mol. The summed E-state index contributed by atoms with van der Waals surface area (Å²) in [5, 5.41) is 3.59. The van der Waals surface area contributed by atoms with E-state index in [1.807, 2.05) is 38.1 Å². The van der Waals surface area contributed by atoms with Gasteiger partial charge in [-0.2, -0.15) is 0 Å².